The molecule has 0 radical (unpaired) electrons. The smallest absolute Gasteiger partial charge is 0.283 e. The van der Waals surface area contributed by atoms with Crippen molar-refractivity contribution in [1.29, 1.82) is 5.41 Å². The molecule has 5 rings (SSSR count). The SMILES string of the molecule is Cc1cccc(C2=NN3C(=N)/C(=C/c4cc(C)n(-c5cc(C)cc(C)c5)c4C)C(=O)N=C3S2)c1. The Morgan fingerprint density at radius 3 is 2.38 bits per heavy atom. The summed E-state index contributed by atoms with van der Waals surface area (Å²) in [4.78, 5) is 17.2. The lowest BCUT2D eigenvalue weighted by atomic mass is 10.1. The van der Waals surface area contributed by atoms with Crippen molar-refractivity contribution < 1.29 is 4.79 Å². The number of hydrogen-bond donors (Lipinski definition) is 1. The van der Waals surface area contributed by atoms with Gasteiger partial charge in [0.05, 0.1) is 5.57 Å². The van der Waals surface area contributed by atoms with E-state index in [0.29, 0.717) is 5.17 Å². The Labute approximate surface area is 203 Å². The Balaban J connectivity index is 1.52. The van der Waals surface area contributed by atoms with Crippen molar-refractivity contribution in [3.8, 4) is 5.69 Å². The Hall–Kier alpha value is -3.71. The first-order valence-corrected chi connectivity index (χ1v) is 11.9. The number of aryl methyl sites for hydroxylation is 4. The maximum absolute atomic E-state index is 12.9. The first-order chi connectivity index (χ1) is 16.2. The normalized spacial score (nSPS) is 16.7. The van der Waals surface area contributed by atoms with Gasteiger partial charge in [0.2, 0.25) is 5.17 Å². The van der Waals surface area contributed by atoms with Crippen LogP contribution in [0, 0.1) is 40.0 Å². The summed E-state index contributed by atoms with van der Waals surface area (Å²) in [7, 11) is 0. The monoisotopic (exact) mass is 467 g/mol. The molecule has 3 heterocycles. The zero-order valence-electron chi connectivity index (χ0n) is 19.8. The van der Waals surface area contributed by atoms with Crippen molar-refractivity contribution in [3.63, 3.8) is 0 Å². The van der Waals surface area contributed by atoms with Crippen LogP contribution in [0.4, 0.5) is 0 Å². The Kier molecular flexibility index (Phi) is 5.37. The number of fused-ring (bicyclic) bond motifs is 1. The highest BCUT2D eigenvalue weighted by Crippen LogP contribution is 2.32. The molecule has 0 atom stereocenters. The molecule has 1 amide bonds. The molecule has 0 unspecified atom stereocenters. The fourth-order valence-corrected chi connectivity index (χ4v) is 5.34. The van der Waals surface area contributed by atoms with Crippen molar-refractivity contribution in [1.82, 2.24) is 9.58 Å². The van der Waals surface area contributed by atoms with Gasteiger partial charge in [0.15, 0.2) is 5.84 Å². The fourth-order valence-electron chi connectivity index (χ4n) is 4.45. The van der Waals surface area contributed by atoms with Gasteiger partial charge in [0, 0.05) is 22.6 Å². The van der Waals surface area contributed by atoms with Gasteiger partial charge in [0.25, 0.3) is 5.91 Å². The molecular formula is C27H25N5OS. The number of hydrazone groups is 1. The molecule has 0 saturated carbocycles. The second-order valence-electron chi connectivity index (χ2n) is 8.80. The molecule has 1 N–H and O–H groups in total. The van der Waals surface area contributed by atoms with Crippen molar-refractivity contribution >= 4 is 39.8 Å². The van der Waals surface area contributed by atoms with Gasteiger partial charge in [-0.15, -0.1) is 0 Å². The summed E-state index contributed by atoms with van der Waals surface area (Å²) in [5.74, 6) is -0.373. The van der Waals surface area contributed by atoms with Crippen molar-refractivity contribution in [3.05, 3.63) is 93.3 Å². The van der Waals surface area contributed by atoms with Crippen LogP contribution in [0.5, 0.6) is 0 Å². The van der Waals surface area contributed by atoms with E-state index in [4.69, 9.17) is 5.41 Å². The summed E-state index contributed by atoms with van der Waals surface area (Å²) in [6.45, 7) is 10.3. The van der Waals surface area contributed by atoms with Crippen LogP contribution in [0.2, 0.25) is 0 Å². The summed E-state index contributed by atoms with van der Waals surface area (Å²) in [6.07, 6.45) is 1.76. The second-order valence-corrected chi connectivity index (χ2v) is 9.76. The van der Waals surface area contributed by atoms with Gasteiger partial charge in [0.1, 0.15) is 5.04 Å². The van der Waals surface area contributed by atoms with Crippen LogP contribution in [-0.2, 0) is 4.79 Å². The third-order valence-corrected chi connectivity index (χ3v) is 6.91. The molecule has 34 heavy (non-hydrogen) atoms. The second kappa shape index (κ2) is 8.25. The van der Waals surface area contributed by atoms with E-state index < -0.39 is 5.91 Å². The van der Waals surface area contributed by atoms with Crippen molar-refractivity contribution in [2.45, 2.75) is 34.6 Å². The van der Waals surface area contributed by atoms with Gasteiger partial charge in [-0.25, -0.2) is 0 Å². The van der Waals surface area contributed by atoms with Crippen molar-refractivity contribution in [2.24, 2.45) is 10.1 Å². The molecule has 2 aliphatic rings. The lowest BCUT2D eigenvalue weighted by molar-refractivity contribution is -0.114. The molecule has 3 aromatic rings. The maximum Gasteiger partial charge on any atom is 0.283 e. The van der Waals surface area contributed by atoms with Gasteiger partial charge in [-0.05, 0) is 93.4 Å². The summed E-state index contributed by atoms with van der Waals surface area (Å²) in [5, 5.41) is 15.9. The zero-order valence-corrected chi connectivity index (χ0v) is 20.6. The molecule has 7 heteroatoms. The number of amides is 1. The summed E-state index contributed by atoms with van der Waals surface area (Å²) < 4.78 is 2.18. The van der Waals surface area contributed by atoms with Crippen LogP contribution in [0.1, 0.15) is 39.2 Å². The number of carbonyl (C=O) groups is 1. The number of aliphatic imine (C=N–C) groups is 1. The van der Waals surface area contributed by atoms with E-state index in [2.05, 4.69) is 46.7 Å². The molecule has 6 nitrogen and oxygen atoms in total. The molecule has 2 aromatic carbocycles. The number of carbonyl (C=O) groups excluding carboxylic acids is 1. The minimum Gasteiger partial charge on any atom is -0.318 e. The number of benzene rings is 2. The van der Waals surface area contributed by atoms with E-state index in [1.807, 2.05) is 51.1 Å². The predicted octanol–water partition coefficient (Wildman–Crippen LogP) is 5.69. The van der Waals surface area contributed by atoms with Crippen LogP contribution >= 0.6 is 11.8 Å². The molecule has 0 aliphatic carbocycles. The van der Waals surface area contributed by atoms with Crippen LogP contribution in [-0.4, -0.2) is 31.5 Å². The average molecular weight is 468 g/mol. The summed E-state index contributed by atoms with van der Waals surface area (Å²) in [6, 6.07) is 16.5. The van der Waals surface area contributed by atoms with Crippen LogP contribution in [0.15, 0.2) is 64.2 Å². The topological polar surface area (TPSA) is 73.8 Å². The first-order valence-electron chi connectivity index (χ1n) is 11.1. The quantitative estimate of drug-likeness (QED) is 0.503. The number of nitrogens with one attached hydrogen (secondary N) is 1. The third-order valence-electron chi connectivity index (χ3n) is 5.95. The highest BCUT2D eigenvalue weighted by molar-refractivity contribution is 8.27. The molecule has 0 fully saturated rings. The Bertz CT molecular complexity index is 1450. The van der Waals surface area contributed by atoms with E-state index in [-0.39, 0.29) is 11.4 Å². The average Bonchev–Trinajstić information content (AvgIpc) is 3.31. The Morgan fingerprint density at radius 1 is 0.941 bits per heavy atom. The number of aromatic nitrogens is 1. The lowest BCUT2D eigenvalue weighted by Gasteiger charge is -2.20. The highest BCUT2D eigenvalue weighted by Gasteiger charge is 2.36. The van der Waals surface area contributed by atoms with Gasteiger partial charge in [-0.1, -0.05) is 29.8 Å². The number of amidine groups is 2. The fraction of sp³-hybridized carbons (Fsp3) is 0.185. The molecule has 0 spiro atoms. The summed E-state index contributed by atoms with van der Waals surface area (Å²) >= 11 is 1.31. The van der Waals surface area contributed by atoms with E-state index in [9.17, 15) is 4.79 Å². The molecule has 0 saturated heterocycles. The predicted molar refractivity (Wildman–Crippen MR) is 140 cm³/mol. The number of rotatable bonds is 3. The van der Waals surface area contributed by atoms with Crippen LogP contribution in [0.25, 0.3) is 11.8 Å². The summed E-state index contributed by atoms with van der Waals surface area (Å²) in [5.41, 5.74) is 8.74. The highest BCUT2D eigenvalue weighted by atomic mass is 32.2. The lowest BCUT2D eigenvalue weighted by Crippen LogP contribution is -2.35. The van der Waals surface area contributed by atoms with Crippen LogP contribution in [0.3, 0.4) is 0 Å². The van der Waals surface area contributed by atoms with Gasteiger partial charge in [-0.3, -0.25) is 10.2 Å². The third kappa shape index (κ3) is 3.82. The van der Waals surface area contributed by atoms with E-state index in [0.717, 1.165) is 38.8 Å². The maximum atomic E-state index is 12.9. The zero-order chi connectivity index (χ0) is 24.1. The minimum atomic E-state index is -0.416. The molecule has 170 valence electrons. The minimum absolute atomic E-state index is 0.0429. The van der Waals surface area contributed by atoms with E-state index in [1.54, 1.807) is 6.08 Å². The standard InChI is InChI=1S/C27H25N5OS/c1-15-7-6-8-20(10-15)26-30-32-24(28)23(25(33)29-27(32)34-26)14-21-13-18(4)31(19(21)5)22-11-16(2)9-17(3)12-22/h6-14,28H,1-5H3/b23-14-,28-24?. The number of hydrogen-bond acceptors (Lipinski definition) is 4. The van der Waals surface area contributed by atoms with Gasteiger partial charge in [-0.2, -0.15) is 15.1 Å². The largest absolute Gasteiger partial charge is 0.318 e. The van der Waals surface area contributed by atoms with Gasteiger partial charge < -0.3 is 4.57 Å². The molecular weight excluding hydrogens is 442 g/mol. The van der Waals surface area contributed by atoms with E-state index >= 15 is 0 Å². The molecule has 0 bridgehead atoms. The number of nitrogens with zero attached hydrogens (tertiary/aromatic N) is 4. The number of thioether (sulfide) groups is 1. The van der Waals surface area contributed by atoms with Crippen LogP contribution < -0.4 is 0 Å². The van der Waals surface area contributed by atoms with E-state index in [1.165, 1.54) is 27.9 Å². The molecule has 2 aliphatic heterocycles. The Morgan fingerprint density at radius 2 is 1.68 bits per heavy atom. The van der Waals surface area contributed by atoms with Crippen molar-refractivity contribution in [2.75, 3.05) is 0 Å². The first kappa shape index (κ1) is 22.1. The van der Waals surface area contributed by atoms with Gasteiger partial charge >= 0.3 is 0 Å². The molecule has 1 aromatic heterocycles.